The molecule has 0 unspecified atom stereocenters. The number of imide groups is 1. The van der Waals surface area contributed by atoms with Crippen LogP contribution in [0.2, 0.25) is 0 Å². The van der Waals surface area contributed by atoms with Gasteiger partial charge in [-0.15, -0.1) is 0 Å². The Morgan fingerprint density at radius 2 is 1.67 bits per heavy atom. The first-order chi connectivity index (χ1) is 13.1. The number of thioether (sulfide) groups is 1. The van der Waals surface area contributed by atoms with Crippen molar-refractivity contribution in [2.45, 2.75) is 20.4 Å². The molecule has 1 fully saturated rings. The van der Waals surface area contributed by atoms with Crippen LogP contribution in [0.25, 0.3) is 6.08 Å². The molecule has 0 spiro atoms. The lowest BCUT2D eigenvalue weighted by atomic mass is 10.1. The Morgan fingerprint density at radius 3 is 2.37 bits per heavy atom. The Hall–Kier alpha value is -2.73. The molecule has 1 aliphatic rings. The zero-order chi connectivity index (χ0) is 19.2. The molecular weight excluding hydrogens is 362 g/mol. The summed E-state index contributed by atoms with van der Waals surface area (Å²) in [5, 5.41) is -0.258. The van der Waals surface area contributed by atoms with Crippen LogP contribution >= 0.6 is 11.8 Å². The van der Waals surface area contributed by atoms with Gasteiger partial charge < -0.3 is 9.47 Å². The summed E-state index contributed by atoms with van der Waals surface area (Å²) in [6.45, 7) is 5.13. The Kier molecular flexibility index (Phi) is 6.19. The molecule has 0 aromatic heterocycles. The molecular formula is C21H21NO4S. The topological polar surface area (TPSA) is 55.8 Å². The van der Waals surface area contributed by atoms with Gasteiger partial charge in [-0.1, -0.05) is 36.4 Å². The van der Waals surface area contributed by atoms with Gasteiger partial charge in [0.1, 0.15) is 0 Å². The van der Waals surface area contributed by atoms with Crippen molar-refractivity contribution in [1.29, 1.82) is 0 Å². The van der Waals surface area contributed by atoms with E-state index in [1.54, 1.807) is 6.08 Å². The second-order valence-electron chi connectivity index (χ2n) is 5.83. The molecule has 6 heteroatoms. The third-order valence-corrected chi connectivity index (χ3v) is 4.83. The monoisotopic (exact) mass is 383 g/mol. The van der Waals surface area contributed by atoms with E-state index in [4.69, 9.17) is 9.47 Å². The minimum absolute atomic E-state index is 0.258. The molecule has 0 N–H and O–H groups in total. The molecule has 0 atom stereocenters. The molecule has 5 nitrogen and oxygen atoms in total. The van der Waals surface area contributed by atoms with Crippen molar-refractivity contribution < 1.29 is 19.1 Å². The number of hydrogen-bond acceptors (Lipinski definition) is 5. The molecule has 27 heavy (non-hydrogen) atoms. The van der Waals surface area contributed by atoms with Crippen molar-refractivity contribution in [3.05, 3.63) is 64.6 Å². The van der Waals surface area contributed by atoms with Gasteiger partial charge in [0.2, 0.25) is 0 Å². The first-order valence-corrected chi connectivity index (χ1v) is 9.63. The third kappa shape index (κ3) is 4.52. The summed E-state index contributed by atoms with van der Waals surface area (Å²) in [5.41, 5.74) is 1.70. The summed E-state index contributed by atoms with van der Waals surface area (Å²) in [6, 6.07) is 15.0. The quantitative estimate of drug-likeness (QED) is 0.648. The molecule has 3 rings (SSSR count). The van der Waals surface area contributed by atoms with E-state index in [1.165, 1.54) is 4.90 Å². The number of nitrogens with zero attached hydrogens (tertiary/aromatic N) is 1. The first-order valence-electron chi connectivity index (χ1n) is 8.81. The molecule has 2 amide bonds. The highest BCUT2D eigenvalue weighted by molar-refractivity contribution is 8.18. The fraction of sp³-hybridized carbons (Fsp3) is 0.238. The van der Waals surface area contributed by atoms with Crippen molar-refractivity contribution in [1.82, 2.24) is 4.90 Å². The van der Waals surface area contributed by atoms with Gasteiger partial charge in [0.25, 0.3) is 11.1 Å². The van der Waals surface area contributed by atoms with Crippen LogP contribution in [-0.2, 0) is 11.3 Å². The molecule has 1 aliphatic heterocycles. The van der Waals surface area contributed by atoms with Crippen LogP contribution in [0, 0.1) is 0 Å². The second-order valence-corrected chi connectivity index (χ2v) is 6.82. The number of amides is 2. The maximum absolute atomic E-state index is 12.7. The van der Waals surface area contributed by atoms with Gasteiger partial charge in [-0.25, -0.2) is 0 Å². The fourth-order valence-electron chi connectivity index (χ4n) is 2.71. The average molecular weight is 383 g/mol. The minimum Gasteiger partial charge on any atom is -0.490 e. The van der Waals surface area contributed by atoms with E-state index in [0.717, 1.165) is 22.9 Å². The third-order valence-electron chi connectivity index (χ3n) is 3.92. The van der Waals surface area contributed by atoms with Crippen molar-refractivity contribution in [3.63, 3.8) is 0 Å². The van der Waals surface area contributed by atoms with E-state index in [1.807, 2.05) is 62.4 Å². The zero-order valence-corrected chi connectivity index (χ0v) is 16.1. The number of rotatable bonds is 7. The van der Waals surface area contributed by atoms with E-state index >= 15 is 0 Å². The number of ether oxygens (including phenoxy) is 2. The van der Waals surface area contributed by atoms with Crippen LogP contribution < -0.4 is 9.47 Å². The van der Waals surface area contributed by atoms with Gasteiger partial charge in [-0.05, 0) is 54.9 Å². The molecule has 1 heterocycles. The number of benzene rings is 2. The smallest absolute Gasteiger partial charge is 0.293 e. The van der Waals surface area contributed by atoms with E-state index < -0.39 is 0 Å². The SMILES string of the molecule is CCOc1ccc(/C=C2/SC(=O)N(Cc3ccccc3)C2=O)cc1OCC. The minimum atomic E-state index is -0.277. The standard InChI is InChI=1S/C21H21NO4S/c1-3-25-17-11-10-16(12-18(17)26-4-2)13-19-20(23)22(21(24)27-19)14-15-8-6-5-7-9-15/h5-13H,3-4,14H2,1-2H3/b19-13+. The van der Waals surface area contributed by atoms with Crippen LogP contribution in [0.3, 0.4) is 0 Å². The van der Waals surface area contributed by atoms with E-state index in [0.29, 0.717) is 29.6 Å². The van der Waals surface area contributed by atoms with Crippen LogP contribution in [0.4, 0.5) is 4.79 Å². The summed E-state index contributed by atoms with van der Waals surface area (Å²) in [5.74, 6) is 1.01. The molecule has 0 aliphatic carbocycles. The highest BCUT2D eigenvalue weighted by atomic mass is 32.2. The van der Waals surface area contributed by atoms with Crippen molar-refractivity contribution in [2.75, 3.05) is 13.2 Å². The lowest BCUT2D eigenvalue weighted by molar-refractivity contribution is -0.123. The van der Waals surface area contributed by atoms with Gasteiger partial charge in [0.05, 0.1) is 24.7 Å². The first kappa shape index (κ1) is 19.0. The lowest BCUT2D eigenvalue weighted by Crippen LogP contribution is -2.27. The largest absolute Gasteiger partial charge is 0.490 e. The Balaban J connectivity index is 1.82. The zero-order valence-electron chi connectivity index (χ0n) is 15.3. The molecule has 1 saturated heterocycles. The maximum atomic E-state index is 12.7. The predicted octanol–water partition coefficient (Wildman–Crippen LogP) is 4.72. The van der Waals surface area contributed by atoms with Gasteiger partial charge in [-0.3, -0.25) is 14.5 Å². The molecule has 0 bridgehead atoms. The van der Waals surface area contributed by atoms with Gasteiger partial charge >= 0.3 is 0 Å². The van der Waals surface area contributed by atoms with Crippen molar-refractivity contribution in [3.8, 4) is 11.5 Å². The molecule has 0 saturated carbocycles. The fourth-order valence-corrected chi connectivity index (χ4v) is 3.55. The molecule has 2 aromatic carbocycles. The van der Waals surface area contributed by atoms with Gasteiger partial charge in [0.15, 0.2) is 11.5 Å². The molecule has 140 valence electrons. The van der Waals surface area contributed by atoms with Crippen LogP contribution in [0.15, 0.2) is 53.4 Å². The number of carbonyl (C=O) groups is 2. The predicted molar refractivity (Wildman–Crippen MR) is 107 cm³/mol. The van der Waals surface area contributed by atoms with Crippen LogP contribution in [0.5, 0.6) is 11.5 Å². The summed E-state index contributed by atoms with van der Waals surface area (Å²) >= 11 is 0.956. The van der Waals surface area contributed by atoms with Gasteiger partial charge in [-0.2, -0.15) is 0 Å². The van der Waals surface area contributed by atoms with Crippen molar-refractivity contribution >= 4 is 29.0 Å². The summed E-state index contributed by atoms with van der Waals surface area (Å²) < 4.78 is 11.2. The highest BCUT2D eigenvalue weighted by Crippen LogP contribution is 2.35. The van der Waals surface area contributed by atoms with Crippen LogP contribution in [-0.4, -0.2) is 29.3 Å². The van der Waals surface area contributed by atoms with Crippen LogP contribution in [0.1, 0.15) is 25.0 Å². The van der Waals surface area contributed by atoms with Crippen molar-refractivity contribution in [2.24, 2.45) is 0 Å². The summed E-state index contributed by atoms with van der Waals surface area (Å²) in [6.07, 6.45) is 1.72. The van der Waals surface area contributed by atoms with E-state index in [-0.39, 0.29) is 17.7 Å². The van der Waals surface area contributed by atoms with Gasteiger partial charge in [0, 0.05) is 0 Å². The van der Waals surface area contributed by atoms with E-state index in [9.17, 15) is 9.59 Å². The lowest BCUT2D eigenvalue weighted by Gasteiger charge is -2.12. The molecule has 0 radical (unpaired) electrons. The molecule has 2 aromatic rings. The summed E-state index contributed by atoms with van der Waals surface area (Å²) in [7, 11) is 0. The maximum Gasteiger partial charge on any atom is 0.293 e. The second kappa shape index (κ2) is 8.77. The average Bonchev–Trinajstić information content (AvgIpc) is 2.92. The highest BCUT2D eigenvalue weighted by Gasteiger charge is 2.34. The summed E-state index contributed by atoms with van der Waals surface area (Å²) in [4.78, 5) is 26.6. The normalized spacial score (nSPS) is 15.5. The van der Waals surface area contributed by atoms with E-state index in [2.05, 4.69) is 0 Å². The number of hydrogen-bond donors (Lipinski definition) is 0. The Labute approximate surface area is 163 Å². The Morgan fingerprint density at radius 1 is 0.963 bits per heavy atom. The Bertz CT molecular complexity index is 864. The number of carbonyl (C=O) groups excluding carboxylic acids is 2.